The SMILES string of the molecule is COCC(C)Cn1nnnc1-c1cc(N)ccc1F. The van der Waals surface area contributed by atoms with Crippen molar-refractivity contribution in [2.24, 2.45) is 5.92 Å². The molecule has 2 rings (SSSR count). The van der Waals surface area contributed by atoms with Crippen LogP contribution in [0.4, 0.5) is 10.1 Å². The monoisotopic (exact) mass is 265 g/mol. The van der Waals surface area contributed by atoms with Crippen LogP contribution in [0.1, 0.15) is 6.92 Å². The van der Waals surface area contributed by atoms with Gasteiger partial charge >= 0.3 is 0 Å². The molecular weight excluding hydrogens is 249 g/mol. The average molecular weight is 265 g/mol. The van der Waals surface area contributed by atoms with Gasteiger partial charge in [0.05, 0.1) is 12.2 Å². The summed E-state index contributed by atoms with van der Waals surface area (Å²) < 4.78 is 20.4. The van der Waals surface area contributed by atoms with E-state index in [2.05, 4.69) is 15.5 Å². The molecule has 19 heavy (non-hydrogen) atoms. The second-order valence-electron chi connectivity index (χ2n) is 4.48. The summed E-state index contributed by atoms with van der Waals surface area (Å²) in [5, 5.41) is 11.3. The highest BCUT2D eigenvalue weighted by atomic mass is 19.1. The summed E-state index contributed by atoms with van der Waals surface area (Å²) in [6, 6.07) is 4.33. The third kappa shape index (κ3) is 3.05. The molecule has 2 N–H and O–H groups in total. The summed E-state index contributed by atoms with van der Waals surface area (Å²) >= 11 is 0. The predicted molar refractivity (Wildman–Crippen MR) is 68.7 cm³/mol. The van der Waals surface area contributed by atoms with Gasteiger partial charge in [0, 0.05) is 19.3 Å². The minimum atomic E-state index is -0.398. The van der Waals surface area contributed by atoms with Gasteiger partial charge in [0.15, 0.2) is 5.82 Å². The molecular formula is C12H16FN5O. The lowest BCUT2D eigenvalue weighted by Crippen LogP contribution is -2.15. The van der Waals surface area contributed by atoms with Crippen molar-refractivity contribution in [2.75, 3.05) is 19.5 Å². The number of rotatable bonds is 5. The zero-order chi connectivity index (χ0) is 13.8. The first-order valence-corrected chi connectivity index (χ1v) is 5.92. The normalized spacial score (nSPS) is 12.6. The van der Waals surface area contributed by atoms with E-state index in [0.29, 0.717) is 30.2 Å². The summed E-state index contributed by atoms with van der Waals surface area (Å²) in [7, 11) is 1.63. The number of nitrogen functional groups attached to an aromatic ring is 1. The van der Waals surface area contributed by atoms with E-state index >= 15 is 0 Å². The Morgan fingerprint density at radius 3 is 3.00 bits per heavy atom. The molecule has 1 heterocycles. The highest BCUT2D eigenvalue weighted by Crippen LogP contribution is 2.23. The van der Waals surface area contributed by atoms with Crippen LogP contribution in [0.3, 0.4) is 0 Å². The number of nitrogens with zero attached hydrogens (tertiary/aromatic N) is 4. The molecule has 0 spiro atoms. The fourth-order valence-corrected chi connectivity index (χ4v) is 1.87. The van der Waals surface area contributed by atoms with Crippen molar-refractivity contribution in [1.29, 1.82) is 0 Å². The molecule has 102 valence electrons. The molecule has 0 amide bonds. The first-order valence-electron chi connectivity index (χ1n) is 5.92. The number of halogens is 1. The van der Waals surface area contributed by atoms with E-state index < -0.39 is 5.82 Å². The Balaban J connectivity index is 2.31. The van der Waals surface area contributed by atoms with Crippen molar-refractivity contribution in [3.63, 3.8) is 0 Å². The summed E-state index contributed by atoms with van der Waals surface area (Å²) in [4.78, 5) is 0. The van der Waals surface area contributed by atoms with Gasteiger partial charge in [-0.3, -0.25) is 0 Å². The van der Waals surface area contributed by atoms with Crippen molar-refractivity contribution < 1.29 is 9.13 Å². The van der Waals surface area contributed by atoms with Gasteiger partial charge in [-0.1, -0.05) is 6.92 Å². The molecule has 0 fully saturated rings. The third-order valence-corrected chi connectivity index (χ3v) is 2.70. The highest BCUT2D eigenvalue weighted by Gasteiger charge is 2.15. The average Bonchev–Trinajstić information content (AvgIpc) is 2.80. The molecule has 1 aromatic heterocycles. The van der Waals surface area contributed by atoms with Crippen molar-refractivity contribution >= 4 is 5.69 Å². The second-order valence-corrected chi connectivity index (χ2v) is 4.48. The van der Waals surface area contributed by atoms with Gasteiger partial charge in [-0.2, -0.15) is 0 Å². The fraction of sp³-hybridized carbons (Fsp3) is 0.417. The molecule has 0 aliphatic rings. The van der Waals surface area contributed by atoms with E-state index in [-0.39, 0.29) is 5.92 Å². The number of anilines is 1. The van der Waals surface area contributed by atoms with Gasteiger partial charge in [-0.05, 0) is 34.5 Å². The van der Waals surface area contributed by atoms with Crippen molar-refractivity contribution in [3.8, 4) is 11.4 Å². The minimum Gasteiger partial charge on any atom is -0.399 e. The maximum Gasteiger partial charge on any atom is 0.185 e. The third-order valence-electron chi connectivity index (χ3n) is 2.70. The Morgan fingerprint density at radius 1 is 1.47 bits per heavy atom. The second kappa shape index (κ2) is 5.75. The standard InChI is InChI=1S/C12H16FN5O/c1-8(7-19-2)6-18-12(15-16-17-18)10-5-9(14)3-4-11(10)13/h3-5,8H,6-7,14H2,1-2H3. The summed E-state index contributed by atoms with van der Waals surface area (Å²) in [5.41, 5.74) is 6.44. The van der Waals surface area contributed by atoms with Crippen LogP contribution in [0.5, 0.6) is 0 Å². The van der Waals surface area contributed by atoms with Crippen LogP contribution in [0.15, 0.2) is 18.2 Å². The van der Waals surface area contributed by atoms with E-state index in [4.69, 9.17) is 10.5 Å². The number of aromatic nitrogens is 4. The first kappa shape index (κ1) is 13.4. The molecule has 7 heteroatoms. The molecule has 1 unspecified atom stereocenters. The van der Waals surface area contributed by atoms with Gasteiger partial charge in [0.1, 0.15) is 5.82 Å². The quantitative estimate of drug-likeness (QED) is 0.825. The molecule has 0 aliphatic heterocycles. The number of benzene rings is 1. The Kier molecular flexibility index (Phi) is 4.06. The maximum absolute atomic E-state index is 13.8. The van der Waals surface area contributed by atoms with Crippen LogP contribution in [0, 0.1) is 11.7 Å². The Labute approximate surface area is 110 Å². The number of ether oxygens (including phenoxy) is 1. The van der Waals surface area contributed by atoms with Crippen LogP contribution in [0.25, 0.3) is 11.4 Å². The maximum atomic E-state index is 13.8. The molecule has 6 nitrogen and oxygen atoms in total. The van der Waals surface area contributed by atoms with Crippen LogP contribution >= 0.6 is 0 Å². The van der Waals surface area contributed by atoms with Gasteiger partial charge in [0.2, 0.25) is 0 Å². The van der Waals surface area contributed by atoms with Crippen LogP contribution < -0.4 is 5.73 Å². The lowest BCUT2D eigenvalue weighted by molar-refractivity contribution is 0.149. The van der Waals surface area contributed by atoms with Crippen LogP contribution in [0.2, 0.25) is 0 Å². The zero-order valence-corrected chi connectivity index (χ0v) is 10.9. The molecule has 1 atom stereocenters. The number of hydrogen-bond acceptors (Lipinski definition) is 5. The zero-order valence-electron chi connectivity index (χ0n) is 10.9. The Bertz CT molecular complexity index is 557. The number of tetrazole rings is 1. The van der Waals surface area contributed by atoms with Crippen LogP contribution in [-0.2, 0) is 11.3 Å². The smallest absolute Gasteiger partial charge is 0.185 e. The van der Waals surface area contributed by atoms with Crippen molar-refractivity contribution in [2.45, 2.75) is 13.5 Å². The number of nitrogens with two attached hydrogens (primary N) is 1. The van der Waals surface area contributed by atoms with E-state index in [1.54, 1.807) is 11.8 Å². The Hall–Kier alpha value is -2.02. The van der Waals surface area contributed by atoms with Gasteiger partial charge in [0.25, 0.3) is 0 Å². The van der Waals surface area contributed by atoms with E-state index in [1.165, 1.54) is 18.2 Å². The van der Waals surface area contributed by atoms with Crippen molar-refractivity contribution in [1.82, 2.24) is 20.2 Å². The summed E-state index contributed by atoms with van der Waals surface area (Å²) in [5.74, 6) is 0.189. The van der Waals surface area contributed by atoms with Gasteiger partial charge in [-0.25, -0.2) is 9.07 Å². The van der Waals surface area contributed by atoms with E-state index in [9.17, 15) is 4.39 Å². The van der Waals surface area contributed by atoms with Gasteiger partial charge in [-0.15, -0.1) is 5.10 Å². The number of methoxy groups -OCH3 is 1. The fourth-order valence-electron chi connectivity index (χ4n) is 1.87. The highest BCUT2D eigenvalue weighted by molar-refractivity contribution is 5.61. The largest absolute Gasteiger partial charge is 0.399 e. The molecule has 0 saturated heterocycles. The van der Waals surface area contributed by atoms with E-state index in [1.807, 2.05) is 6.92 Å². The summed E-state index contributed by atoms with van der Waals surface area (Å²) in [6.07, 6.45) is 0. The number of hydrogen-bond donors (Lipinski definition) is 1. The predicted octanol–water partition coefficient (Wildman–Crippen LogP) is 1.34. The molecule has 0 bridgehead atoms. The minimum absolute atomic E-state index is 0.219. The molecule has 0 saturated carbocycles. The molecule has 1 aromatic carbocycles. The topological polar surface area (TPSA) is 78.8 Å². The molecule has 2 aromatic rings. The molecule has 0 radical (unpaired) electrons. The summed E-state index contributed by atoms with van der Waals surface area (Å²) in [6.45, 7) is 3.13. The molecule has 0 aliphatic carbocycles. The van der Waals surface area contributed by atoms with Crippen molar-refractivity contribution in [3.05, 3.63) is 24.0 Å². The first-order chi connectivity index (χ1) is 9.11. The lowest BCUT2D eigenvalue weighted by atomic mass is 10.1. The van der Waals surface area contributed by atoms with Crippen LogP contribution in [-0.4, -0.2) is 33.9 Å². The van der Waals surface area contributed by atoms with E-state index in [0.717, 1.165) is 0 Å². The van der Waals surface area contributed by atoms with Gasteiger partial charge < -0.3 is 10.5 Å². The Morgan fingerprint density at radius 2 is 2.26 bits per heavy atom. The lowest BCUT2D eigenvalue weighted by Gasteiger charge is -2.11.